The summed E-state index contributed by atoms with van der Waals surface area (Å²) in [6.45, 7) is 4.73. The third-order valence-electron chi connectivity index (χ3n) is 3.71. The molecule has 0 radical (unpaired) electrons. The van der Waals surface area contributed by atoms with Crippen LogP contribution >= 0.6 is 0 Å². The Labute approximate surface area is 125 Å². The van der Waals surface area contributed by atoms with Gasteiger partial charge in [-0.25, -0.2) is 0 Å². The van der Waals surface area contributed by atoms with Gasteiger partial charge in [0.25, 0.3) is 0 Å². The van der Waals surface area contributed by atoms with Gasteiger partial charge in [0.05, 0.1) is 12.2 Å². The molecular weight excluding hydrogens is 270 g/mol. The molecule has 1 aromatic rings. The molecule has 0 amide bonds. The number of ether oxygens (including phenoxy) is 1. The highest BCUT2D eigenvalue weighted by molar-refractivity contribution is 5.43. The summed E-state index contributed by atoms with van der Waals surface area (Å²) in [5.74, 6) is 0.682. The van der Waals surface area contributed by atoms with Gasteiger partial charge in [-0.3, -0.25) is 0 Å². The molecule has 0 fully saturated rings. The predicted molar refractivity (Wildman–Crippen MR) is 80.5 cm³/mol. The van der Waals surface area contributed by atoms with Crippen LogP contribution in [0.15, 0.2) is 18.2 Å². The van der Waals surface area contributed by atoms with E-state index < -0.39 is 18.3 Å². The molecule has 0 spiro atoms. The Hall–Kier alpha value is -1.14. The first-order chi connectivity index (χ1) is 9.97. The largest absolute Gasteiger partial charge is 0.491 e. The molecule has 1 aliphatic carbocycles. The average Bonchev–Trinajstić information content (AvgIpc) is 2.44. The van der Waals surface area contributed by atoms with Crippen molar-refractivity contribution in [2.24, 2.45) is 0 Å². The maximum Gasteiger partial charge on any atom is 0.123 e. The van der Waals surface area contributed by atoms with Gasteiger partial charge >= 0.3 is 0 Å². The van der Waals surface area contributed by atoms with Crippen LogP contribution < -0.4 is 10.1 Å². The van der Waals surface area contributed by atoms with Gasteiger partial charge < -0.3 is 25.4 Å². The van der Waals surface area contributed by atoms with Crippen LogP contribution in [0, 0.1) is 0 Å². The molecule has 118 valence electrons. The maximum atomic E-state index is 9.88. The Morgan fingerprint density at radius 1 is 1.24 bits per heavy atom. The van der Waals surface area contributed by atoms with Crippen LogP contribution in [0.1, 0.15) is 25.0 Å². The number of aliphatic hydroxyl groups excluding tert-OH is 3. The zero-order valence-electron chi connectivity index (χ0n) is 12.6. The summed E-state index contributed by atoms with van der Waals surface area (Å²) in [5, 5.41) is 32.6. The molecule has 0 heterocycles. The number of aliphatic hydroxyl groups is 3. The third-order valence-corrected chi connectivity index (χ3v) is 3.71. The smallest absolute Gasteiger partial charge is 0.123 e. The Balaban J connectivity index is 1.97. The van der Waals surface area contributed by atoms with Crippen LogP contribution in [0.2, 0.25) is 0 Å². The SMILES string of the molecule is CC(C)NCC(O)COc1cccc2c1C[C@H](O)[C@@H](O)C2. The zero-order chi connectivity index (χ0) is 15.4. The summed E-state index contributed by atoms with van der Waals surface area (Å²) >= 11 is 0. The quantitative estimate of drug-likeness (QED) is 0.605. The molecule has 4 N–H and O–H groups in total. The number of hydrogen-bond donors (Lipinski definition) is 4. The van der Waals surface area contributed by atoms with Crippen molar-refractivity contribution < 1.29 is 20.1 Å². The lowest BCUT2D eigenvalue weighted by atomic mass is 9.87. The van der Waals surface area contributed by atoms with Gasteiger partial charge in [-0.1, -0.05) is 26.0 Å². The summed E-state index contributed by atoms with van der Waals surface area (Å²) in [6, 6.07) is 5.97. The monoisotopic (exact) mass is 295 g/mol. The lowest BCUT2D eigenvalue weighted by Crippen LogP contribution is -2.36. The van der Waals surface area contributed by atoms with E-state index in [0.717, 1.165) is 11.1 Å². The summed E-state index contributed by atoms with van der Waals surface area (Å²) in [6.07, 6.45) is -1.23. The van der Waals surface area contributed by atoms with Crippen LogP contribution in [0.3, 0.4) is 0 Å². The van der Waals surface area contributed by atoms with Gasteiger partial charge in [0.1, 0.15) is 18.5 Å². The second kappa shape index (κ2) is 7.22. The lowest BCUT2D eigenvalue weighted by molar-refractivity contribution is 0.0132. The van der Waals surface area contributed by atoms with Crippen molar-refractivity contribution in [2.45, 2.75) is 51.0 Å². The van der Waals surface area contributed by atoms with Crippen LogP contribution in [-0.2, 0) is 12.8 Å². The molecule has 5 heteroatoms. The van der Waals surface area contributed by atoms with Gasteiger partial charge in [0.2, 0.25) is 0 Å². The van der Waals surface area contributed by atoms with E-state index in [-0.39, 0.29) is 6.61 Å². The topological polar surface area (TPSA) is 82.0 Å². The molecule has 5 nitrogen and oxygen atoms in total. The van der Waals surface area contributed by atoms with Gasteiger partial charge in [-0.05, 0) is 11.6 Å². The van der Waals surface area contributed by atoms with E-state index in [2.05, 4.69) is 5.32 Å². The molecule has 0 saturated heterocycles. The molecular formula is C16H25NO4. The van der Waals surface area contributed by atoms with E-state index in [1.807, 2.05) is 32.0 Å². The van der Waals surface area contributed by atoms with Crippen molar-refractivity contribution in [2.75, 3.05) is 13.2 Å². The van der Waals surface area contributed by atoms with Crippen LogP contribution in [0.5, 0.6) is 5.75 Å². The molecule has 0 saturated carbocycles. The van der Waals surface area contributed by atoms with Gasteiger partial charge in [0.15, 0.2) is 0 Å². The van der Waals surface area contributed by atoms with Gasteiger partial charge in [-0.15, -0.1) is 0 Å². The van der Waals surface area contributed by atoms with E-state index in [1.54, 1.807) is 0 Å². The number of fused-ring (bicyclic) bond motifs is 1. The van der Waals surface area contributed by atoms with Crippen LogP contribution in [0.4, 0.5) is 0 Å². The first-order valence-corrected chi connectivity index (χ1v) is 7.48. The van der Waals surface area contributed by atoms with Gasteiger partial charge in [0, 0.05) is 31.0 Å². The third kappa shape index (κ3) is 4.41. The maximum absolute atomic E-state index is 9.88. The molecule has 21 heavy (non-hydrogen) atoms. The fourth-order valence-electron chi connectivity index (χ4n) is 2.49. The van der Waals surface area contributed by atoms with Crippen molar-refractivity contribution in [3.05, 3.63) is 29.3 Å². The van der Waals surface area contributed by atoms with E-state index in [0.29, 0.717) is 31.2 Å². The summed E-state index contributed by atoms with van der Waals surface area (Å²) in [4.78, 5) is 0. The lowest BCUT2D eigenvalue weighted by Gasteiger charge is -2.27. The van der Waals surface area contributed by atoms with Crippen LogP contribution in [-0.4, -0.2) is 52.8 Å². The van der Waals surface area contributed by atoms with Crippen molar-refractivity contribution in [1.29, 1.82) is 0 Å². The Bertz CT molecular complexity index is 464. The number of nitrogens with one attached hydrogen (secondary N) is 1. The fraction of sp³-hybridized carbons (Fsp3) is 0.625. The zero-order valence-corrected chi connectivity index (χ0v) is 12.6. The van der Waals surface area contributed by atoms with Crippen LogP contribution in [0.25, 0.3) is 0 Å². The Morgan fingerprint density at radius 3 is 2.67 bits per heavy atom. The molecule has 2 rings (SSSR count). The first kappa shape index (κ1) is 16.2. The van der Waals surface area contributed by atoms with Crippen molar-refractivity contribution in [1.82, 2.24) is 5.32 Å². The summed E-state index contributed by atoms with van der Waals surface area (Å²) in [5.41, 5.74) is 1.93. The standard InChI is InChI=1S/C16H25NO4/c1-10(2)17-8-12(18)9-21-16-5-3-4-11-6-14(19)15(20)7-13(11)16/h3-5,10,12,14-15,17-20H,6-9H2,1-2H3/t12?,14-,15-/m0/s1. The number of rotatable bonds is 6. The molecule has 1 unspecified atom stereocenters. The summed E-state index contributed by atoms with van der Waals surface area (Å²) < 4.78 is 5.70. The van der Waals surface area contributed by atoms with Crippen molar-refractivity contribution in [3.63, 3.8) is 0 Å². The minimum absolute atomic E-state index is 0.203. The Morgan fingerprint density at radius 2 is 1.95 bits per heavy atom. The first-order valence-electron chi connectivity index (χ1n) is 7.48. The minimum Gasteiger partial charge on any atom is -0.491 e. The molecule has 0 bridgehead atoms. The van der Waals surface area contributed by atoms with Gasteiger partial charge in [-0.2, -0.15) is 0 Å². The van der Waals surface area contributed by atoms with E-state index in [4.69, 9.17) is 4.74 Å². The highest BCUT2D eigenvalue weighted by atomic mass is 16.5. The van der Waals surface area contributed by atoms with Crippen molar-refractivity contribution in [3.8, 4) is 5.75 Å². The molecule has 0 aromatic heterocycles. The van der Waals surface area contributed by atoms with E-state index in [9.17, 15) is 15.3 Å². The molecule has 1 aromatic carbocycles. The predicted octanol–water partition coefficient (Wildman–Crippen LogP) is 0.245. The van der Waals surface area contributed by atoms with E-state index >= 15 is 0 Å². The fourth-order valence-corrected chi connectivity index (χ4v) is 2.49. The average molecular weight is 295 g/mol. The van der Waals surface area contributed by atoms with E-state index in [1.165, 1.54) is 0 Å². The summed E-state index contributed by atoms with van der Waals surface area (Å²) in [7, 11) is 0. The second-order valence-electron chi connectivity index (χ2n) is 5.96. The Kier molecular flexibility index (Phi) is 5.58. The highest BCUT2D eigenvalue weighted by Crippen LogP contribution is 2.30. The molecule has 0 aliphatic heterocycles. The number of benzene rings is 1. The normalized spacial score (nSPS) is 23.0. The second-order valence-corrected chi connectivity index (χ2v) is 5.96. The molecule has 1 aliphatic rings. The molecule has 3 atom stereocenters. The minimum atomic E-state index is -0.755. The van der Waals surface area contributed by atoms with Crippen molar-refractivity contribution >= 4 is 0 Å². The number of hydrogen-bond acceptors (Lipinski definition) is 5. The highest BCUT2D eigenvalue weighted by Gasteiger charge is 2.27.